The summed E-state index contributed by atoms with van der Waals surface area (Å²) in [6.45, 7) is 5.18. The van der Waals surface area contributed by atoms with Gasteiger partial charge in [-0.15, -0.1) is 0 Å². The molecule has 1 fully saturated rings. The first-order chi connectivity index (χ1) is 9.70. The fourth-order valence-electron chi connectivity index (χ4n) is 1.97. The maximum atomic E-state index is 6.08. The van der Waals surface area contributed by atoms with E-state index in [2.05, 4.69) is 37.7 Å². The number of hydrogen-bond acceptors (Lipinski definition) is 8. The summed E-state index contributed by atoms with van der Waals surface area (Å²) in [6, 6.07) is 0. The van der Waals surface area contributed by atoms with Crippen molar-refractivity contribution in [2.45, 2.75) is 0 Å². The Morgan fingerprint density at radius 1 is 1.25 bits per heavy atom. The van der Waals surface area contributed by atoms with Crippen LogP contribution in [0.3, 0.4) is 0 Å². The first-order valence-electron chi connectivity index (χ1n) is 6.74. The van der Waals surface area contributed by atoms with E-state index in [9.17, 15) is 0 Å². The Bertz CT molecular complexity index is 420. The van der Waals surface area contributed by atoms with Gasteiger partial charge in [-0.05, 0) is 7.05 Å². The number of hydrazine groups is 1. The van der Waals surface area contributed by atoms with Crippen LogP contribution in [-0.4, -0.2) is 73.4 Å². The van der Waals surface area contributed by atoms with Gasteiger partial charge in [0.25, 0.3) is 0 Å². The standard InChI is InChI=1S/C12H23N7O/c1-18-4-6-19(7-5-18)17-12-10(13)11(15-9-16-12)14-3-8-20-2/h9H,3-8,13H2,1-2H3,(H2,14,15,16,17). The number of nitrogens with zero attached hydrogens (tertiary/aromatic N) is 4. The van der Waals surface area contributed by atoms with E-state index < -0.39 is 0 Å². The molecular formula is C12H23N7O. The Labute approximate surface area is 119 Å². The molecule has 0 spiro atoms. The number of nitrogens with one attached hydrogen (secondary N) is 2. The van der Waals surface area contributed by atoms with Crippen LogP contribution in [0.25, 0.3) is 0 Å². The molecule has 112 valence electrons. The Balaban J connectivity index is 1.95. The van der Waals surface area contributed by atoms with Crippen LogP contribution in [-0.2, 0) is 4.74 Å². The third-order valence-corrected chi connectivity index (χ3v) is 3.25. The zero-order chi connectivity index (χ0) is 14.4. The van der Waals surface area contributed by atoms with Crippen molar-refractivity contribution in [1.82, 2.24) is 19.9 Å². The number of aromatic nitrogens is 2. The van der Waals surface area contributed by atoms with Crippen LogP contribution in [0.2, 0.25) is 0 Å². The second-order valence-electron chi connectivity index (χ2n) is 4.81. The largest absolute Gasteiger partial charge is 0.393 e. The molecule has 0 unspecified atom stereocenters. The van der Waals surface area contributed by atoms with Crippen molar-refractivity contribution in [2.24, 2.45) is 0 Å². The molecule has 1 aliphatic heterocycles. The van der Waals surface area contributed by atoms with E-state index in [4.69, 9.17) is 10.5 Å². The van der Waals surface area contributed by atoms with E-state index in [1.165, 1.54) is 6.33 Å². The van der Waals surface area contributed by atoms with Gasteiger partial charge in [-0.25, -0.2) is 15.0 Å². The predicted molar refractivity (Wildman–Crippen MR) is 79.5 cm³/mol. The lowest BCUT2D eigenvalue weighted by Gasteiger charge is -2.32. The molecule has 0 aromatic carbocycles. The van der Waals surface area contributed by atoms with Gasteiger partial charge in [0.1, 0.15) is 12.0 Å². The highest BCUT2D eigenvalue weighted by Gasteiger charge is 2.16. The summed E-state index contributed by atoms with van der Waals surface area (Å²) in [5, 5.41) is 5.25. The highest BCUT2D eigenvalue weighted by Crippen LogP contribution is 2.22. The third-order valence-electron chi connectivity index (χ3n) is 3.25. The van der Waals surface area contributed by atoms with Gasteiger partial charge in [0.2, 0.25) is 0 Å². The number of nitrogens with two attached hydrogens (primary N) is 1. The minimum absolute atomic E-state index is 0.530. The molecule has 4 N–H and O–H groups in total. The van der Waals surface area contributed by atoms with Crippen LogP contribution >= 0.6 is 0 Å². The smallest absolute Gasteiger partial charge is 0.169 e. The van der Waals surface area contributed by atoms with Crippen LogP contribution in [0.4, 0.5) is 17.3 Å². The Kier molecular flexibility index (Phi) is 5.33. The first-order valence-corrected chi connectivity index (χ1v) is 6.74. The lowest BCUT2D eigenvalue weighted by atomic mass is 10.4. The maximum Gasteiger partial charge on any atom is 0.169 e. The number of piperazine rings is 1. The highest BCUT2D eigenvalue weighted by molar-refractivity contribution is 5.73. The van der Waals surface area contributed by atoms with Gasteiger partial charge in [-0.1, -0.05) is 0 Å². The molecule has 1 saturated heterocycles. The topological polar surface area (TPSA) is 91.6 Å². The van der Waals surface area contributed by atoms with Crippen LogP contribution < -0.4 is 16.5 Å². The van der Waals surface area contributed by atoms with Gasteiger partial charge in [0.15, 0.2) is 11.6 Å². The summed E-state index contributed by atoms with van der Waals surface area (Å²) in [5.41, 5.74) is 9.87. The second kappa shape index (κ2) is 7.22. The van der Waals surface area contributed by atoms with E-state index in [-0.39, 0.29) is 0 Å². The van der Waals surface area contributed by atoms with Crippen molar-refractivity contribution in [3.63, 3.8) is 0 Å². The minimum Gasteiger partial charge on any atom is -0.393 e. The highest BCUT2D eigenvalue weighted by atomic mass is 16.5. The molecule has 1 aromatic heterocycles. The molecule has 2 heterocycles. The summed E-state index contributed by atoms with van der Waals surface area (Å²) in [7, 11) is 3.78. The van der Waals surface area contributed by atoms with Gasteiger partial charge in [-0.3, -0.25) is 0 Å². The summed E-state index contributed by atoms with van der Waals surface area (Å²) >= 11 is 0. The molecular weight excluding hydrogens is 258 g/mol. The van der Waals surface area contributed by atoms with Gasteiger partial charge in [-0.2, -0.15) is 0 Å². The molecule has 2 rings (SSSR count). The van der Waals surface area contributed by atoms with Crippen LogP contribution in [0.15, 0.2) is 6.33 Å². The van der Waals surface area contributed by atoms with E-state index >= 15 is 0 Å². The van der Waals surface area contributed by atoms with Crippen molar-refractivity contribution in [2.75, 3.05) is 70.0 Å². The van der Waals surface area contributed by atoms with E-state index in [0.29, 0.717) is 30.5 Å². The number of rotatable bonds is 6. The normalized spacial score (nSPS) is 17.1. The van der Waals surface area contributed by atoms with Crippen molar-refractivity contribution in [3.05, 3.63) is 6.33 Å². The van der Waals surface area contributed by atoms with Crippen LogP contribution in [0.1, 0.15) is 0 Å². The predicted octanol–water partition coefficient (Wildman–Crippen LogP) is -0.309. The quantitative estimate of drug-likeness (QED) is 0.612. The summed E-state index contributed by atoms with van der Waals surface area (Å²) in [4.78, 5) is 10.6. The second-order valence-corrected chi connectivity index (χ2v) is 4.81. The van der Waals surface area contributed by atoms with Crippen molar-refractivity contribution < 1.29 is 4.74 Å². The Morgan fingerprint density at radius 2 is 1.95 bits per heavy atom. The molecule has 0 atom stereocenters. The average molecular weight is 281 g/mol. The lowest BCUT2D eigenvalue weighted by molar-refractivity contribution is 0.178. The molecule has 1 aliphatic rings. The molecule has 0 radical (unpaired) electrons. The fourth-order valence-corrected chi connectivity index (χ4v) is 1.97. The van der Waals surface area contributed by atoms with Crippen molar-refractivity contribution >= 4 is 17.3 Å². The van der Waals surface area contributed by atoms with E-state index in [0.717, 1.165) is 26.2 Å². The van der Waals surface area contributed by atoms with Crippen LogP contribution in [0.5, 0.6) is 0 Å². The summed E-state index contributed by atoms with van der Waals surface area (Å²) in [5.74, 6) is 1.28. The summed E-state index contributed by atoms with van der Waals surface area (Å²) in [6.07, 6.45) is 1.50. The number of likely N-dealkylation sites (N-methyl/N-ethyl adjacent to an activating group) is 1. The zero-order valence-electron chi connectivity index (χ0n) is 12.1. The number of anilines is 3. The molecule has 8 heteroatoms. The average Bonchev–Trinajstić information content (AvgIpc) is 2.45. The Morgan fingerprint density at radius 3 is 2.65 bits per heavy atom. The van der Waals surface area contributed by atoms with Crippen molar-refractivity contribution in [1.29, 1.82) is 0 Å². The molecule has 8 nitrogen and oxygen atoms in total. The lowest BCUT2D eigenvalue weighted by Crippen LogP contribution is -2.47. The monoisotopic (exact) mass is 281 g/mol. The molecule has 0 amide bonds. The SMILES string of the molecule is COCCNc1ncnc(NN2CCN(C)CC2)c1N. The Hall–Kier alpha value is -1.64. The number of methoxy groups -OCH3 is 1. The number of hydrogen-bond donors (Lipinski definition) is 3. The third kappa shape index (κ3) is 3.92. The molecule has 0 aliphatic carbocycles. The first kappa shape index (κ1) is 14.8. The fraction of sp³-hybridized carbons (Fsp3) is 0.667. The molecule has 0 bridgehead atoms. The zero-order valence-corrected chi connectivity index (χ0v) is 12.1. The molecule has 1 aromatic rings. The van der Waals surface area contributed by atoms with Gasteiger partial charge in [0.05, 0.1) is 6.61 Å². The maximum absolute atomic E-state index is 6.08. The minimum atomic E-state index is 0.530. The van der Waals surface area contributed by atoms with E-state index in [1.54, 1.807) is 7.11 Å². The molecule has 20 heavy (non-hydrogen) atoms. The van der Waals surface area contributed by atoms with E-state index in [1.807, 2.05) is 0 Å². The number of ether oxygens (including phenoxy) is 1. The molecule has 0 saturated carbocycles. The van der Waals surface area contributed by atoms with Crippen LogP contribution in [0, 0.1) is 0 Å². The number of nitrogen functional groups attached to an aromatic ring is 1. The summed E-state index contributed by atoms with van der Waals surface area (Å²) < 4.78 is 4.99. The van der Waals surface area contributed by atoms with Gasteiger partial charge < -0.3 is 26.1 Å². The van der Waals surface area contributed by atoms with Crippen molar-refractivity contribution in [3.8, 4) is 0 Å². The van der Waals surface area contributed by atoms with Gasteiger partial charge in [0, 0.05) is 39.8 Å². The van der Waals surface area contributed by atoms with Gasteiger partial charge >= 0.3 is 0 Å².